The highest BCUT2D eigenvalue weighted by Gasteiger charge is 2.32. The van der Waals surface area contributed by atoms with E-state index in [1.54, 1.807) is 4.90 Å². The Bertz CT molecular complexity index is 1220. The van der Waals surface area contributed by atoms with Crippen LogP contribution in [0.4, 0.5) is 0 Å². The predicted octanol–water partition coefficient (Wildman–Crippen LogP) is 6.08. The number of amides is 2. The third-order valence-electron chi connectivity index (χ3n) is 7.52. The average molecular weight is 513 g/mol. The van der Waals surface area contributed by atoms with Gasteiger partial charge in [0.1, 0.15) is 11.8 Å². The summed E-state index contributed by atoms with van der Waals surface area (Å²) in [7, 11) is 0. The fraction of sp³-hybridized carbons (Fsp3) is 0.394. The molecule has 0 heterocycles. The second-order valence-corrected chi connectivity index (χ2v) is 10.6. The van der Waals surface area contributed by atoms with Crippen molar-refractivity contribution in [3.8, 4) is 5.75 Å². The van der Waals surface area contributed by atoms with Crippen LogP contribution in [0, 0.1) is 20.8 Å². The Labute approximate surface area is 227 Å². The van der Waals surface area contributed by atoms with E-state index in [2.05, 4.69) is 5.32 Å². The van der Waals surface area contributed by atoms with Gasteiger partial charge >= 0.3 is 0 Å². The number of aryl methyl sites for hydroxylation is 3. The molecule has 0 aliphatic heterocycles. The number of hydrogen-bond donors (Lipinski definition) is 1. The summed E-state index contributed by atoms with van der Waals surface area (Å²) in [4.78, 5) is 29.5. The van der Waals surface area contributed by atoms with Crippen LogP contribution in [0.3, 0.4) is 0 Å². The molecule has 0 unspecified atom stereocenters. The second-order valence-electron chi connectivity index (χ2n) is 10.6. The van der Waals surface area contributed by atoms with Crippen LogP contribution < -0.4 is 10.1 Å². The maximum Gasteiger partial charge on any atom is 0.261 e. The number of nitrogens with zero attached hydrogens (tertiary/aromatic N) is 1. The van der Waals surface area contributed by atoms with Gasteiger partial charge in [-0.3, -0.25) is 9.59 Å². The molecule has 1 saturated carbocycles. The smallest absolute Gasteiger partial charge is 0.261 e. The first-order valence-corrected chi connectivity index (χ1v) is 13.8. The number of ether oxygens (including phenoxy) is 1. The van der Waals surface area contributed by atoms with Gasteiger partial charge in [-0.2, -0.15) is 0 Å². The molecule has 1 aliphatic carbocycles. The van der Waals surface area contributed by atoms with Crippen LogP contribution in [0.15, 0.2) is 72.8 Å². The molecule has 0 bridgehead atoms. The number of carbonyl (C=O) groups is 2. The molecule has 1 aliphatic rings. The number of carbonyl (C=O) groups excluding carboxylic acids is 2. The largest absolute Gasteiger partial charge is 0.483 e. The van der Waals surface area contributed by atoms with E-state index in [-0.39, 0.29) is 24.5 Å². The van der Waals surface area contributed by atoms with Crippen molar-refractivity contribution in [3.63, 3.8) is 0 Å². The zero-order valence-electron chi connectivity index (χ0n) is 22.9. The minimum atomic E-state index is -0.645. The Morgan fingerprint density at radius 2 is 1.61 bits per heavy atom. The molecule has 3 aromatic carbocycles. The van der Waals surface area contributed by atoms with Crippen molar-refractivity contribution >= 4 is 11.8 Å². The Morgan fingerprint density at radius 3 is 2.34 bits per heavy atom. The topological polar surface area (TPSA) is 58.6 Å². The maximum atomic E-state index is 13.9. The van der Waals surface area contributed by atoms with Crippen molar-refractivity contribution in [1.82, 2.24) is 10.2 Å². The number of rotatable bonds is 10. The van der Waals surface area contributed by atoms with Crippen molar-refractivity contribution in [2.45, 2.75) is 77.9 Å². The molecule has 0 spiro atoms. The van der Waals surface area contributed by atoms with Gasteiger partial charge in [-0.25, -0.2) is 0 Å². The highest BCUT2D eigenvalue weighted by atomic mass is 16.5. The second kappa shape index (κ2) is 13.3. The van der Waals surface area contributed by atoms with Crippen LogP contribution in [0.5, 0.6) is 5.75 Å². The molecule has 2 amide bonds. The van der Waals surface area contributed by atoms with Gasteiger partial charge in [-0.05, 0) is 67.5 Å². The molecule has 1 N–H and O–H groups in total. The summed E-state index contributed by atoms with van der Waals surface area (Å²) in [6.45, 7) is 6.23. The molecule has 200 valence electrons. The quantitative estimate of drug-likeness (QED) is 0.358. The van der Waals surface area contributed by atoms with E-state index in [4.69, 9.17) is 4.74 Å². The van der Waals surface area contributed by atoms with Crippen molar-refractivity contribution in [2.24, 2.45) is 0 Å². The Balaban J connectivity index is 1.63. The van der Waals surface area contributed by atoms with Gasteiger partial charge in [0.2, 0.25) is 5.91 Å². The van der Waals surface area contributed by atoms with Gasteiger partial charge in [-0.1, -0.05) is 86.0 Å². The van der Waals surface area contributed by atoms with Crippen LogP contribution in [-0.4, -0.2) is 35.4 Å². The van der Waals surface area contributed by atoms with Crippen LogP contribution >= 0.6 is 0 Å². The fourth-order valence-electron chi connectivity index (χ4n) is 5.15. The standard InChI is InChI=1S/C33H40N2O3/c1-24-18-19-26(3)31(20-24)38-23-32(36)35(22-28-15-11-10-12-25(28)2)30(21-27-13-6-4-7-14-27)33(37)34-29-16-8-5-9-17-29/h4,6-7,10-15,18-20,29-30H,5,8-9,16-17,21-23H2,1-3H3,(H,34,37)/t30-/m0/s1. The molecule has 1 atom stereocenters. The summed E-state index contributed by atoms with van der Waals surface area (Å²) in [6, 6.07) is 23.5. The molecule has 3 aromatic rings. The molecule has 1 fully saturated rings. The van der Waals surface area contributed by atoms with Gasteiger partial charge < -0.3 is 15.0 Å². The highest BCUT2D eigenvalue weighted by molar-refractivity contribution is 5.88. The predicted molar refractivity (Wildman–Crippen MR) is 152 cm³/mol. The Kier molecular flexibility index (Phi) is 9.58. The number of hydrogen-bond acceptors (Lipinski definition) is 3. The van der Waals surface area contributed by atoms with E-state index in [1.807, 2.05) is 93.6 Å². The minimum absolute atomic E-state index is 0.0885. The molecule has 38 heavy (non-hydrogen) atoms. The van der Waals surface area contributed by atoms with E-state index in [0.29, 0.717) is 18.7 Å². The zero-order valence-corrected chi connectivity index (χ0v) is 22.9. The van der Waals surface area contributed by atoms with Crippen LogP contribution in [0.2, 0.25) is 0 Å². The van der Waals surface area contributed by atoms with Crippen molar-refractivity contribution in [2.75, 3.05) is 6.61 Å². The van der Waals surface area contributed by atoms with Gasteiger partial charge in [0.25, 0.3) is 5.91 Å². The van der Waals surface area contributed by atoms with E-state index >= 15 is 0 Å². The lowest BCUT2D eigenvalue weighted by molar-refractivity contribution is -0.143. The summed E-state index contributed by atoms with van der Waals surface area (Å²) < 4.78 is 6.04. The van der Waals surface area contributed by atoms with E-state index in [9.17, 15) is 9.59 Å². The molecule has 5 nitrogen and oxygen atoms in total. The van der Waals surface area contributed by atoms with Crippen molar-refractivity contribution < 1.29 is 14.3 Å². The fourth-order valence-corrected chi connectivity index (χ4v) is 5.15. The molecular formula is C33H40N2O3. The van der Waals surface area contributed by atoms with Crippen LogP contribution in [0.25, 0.3) is 0 Å². The van der Waals surface area contributed by atoms with E-state index in [0.717, 1.165) is 53.5 Å². The van der Waals surface area contributed by atoms with E-state index in [1.165, 1.54) is 6.42 Å². The summed E-state index contributed by atoms with van der Waals surface area (Å²) in [5, 5.41) is 3.29. The monoisotopic (exact) mass is 512 g/mol. The van der Waals surface area contributed by atoms with Gasteiger partial charge in [0.05, 0.1) is 0 Å². The van der Waals surface area contributed by atoms with Crippen molar-refractivity contribution in [1.29, 1.82) is 0 Å². The Hall–Kier alpha value is -3.60. The zero-order chi connectivity index (χ0) is 26.9. The van der Waals surface area contributed by atoms with E-state index < -0.39 is 6.04 Å². The number of nitrogens with one attached hydrogen (secondary N) is 1. The highest BCUT2D eigenvalue weighted by Crippen LogP contribution is 2.22. The third-order valence-corrected chi connectivity index (χ3v) is 7.52. The Morgan fingerprint density at radius 1 is 0.895 bits per heavy atom. The molecule has 0 radical (unpaired) electrons. The lowest BCUT2D eigenvalue weighted by atomic mass is 9.94. The molecule has 0 saturated heterocycles. The first-order valence-electron chi connectivity index (χ1n) is 13.8. The molecular weight excluding hydrogens is 472 g/mol. The van der Waals surface area contributed by atoms with Gasteiger partial charge in [-0.15, -0.1) is 0 Å². The van der Waals surface area contributed by atoms with Crippen LogP contribution in [-0.2, 0) is 22.6 Å². The summed E-state index contributed by atoms with van der Waals surface area (Å²) in [6.07, 6.45) is 5.90. The van der Waals surface area contributed by atoms with Crippen LogP contribution in [0.1, 0.15) is 59.9 Å². The minimum Gasteiger partial charge on any atom is -0.483 e. The van der Waals surface area contributed by atoms with Gasteiger partial charge in [0.15, 0.2) is 6.61 Å². The maximum absolute atomic E-state index is 13.9. The molecule has 0 aromatic heterocycles. The average Bonchev–Trinajstić information content (AvgIpc) is 2.93. The normalized spacial score (nSPS) is 14.5. The first-order chi connectivity index (χ1) is 18.4. The lowest BCUT2D eigenvalue weighted by Crippen LogP contribution is -2.53. The third kappa shape index (κ3) is 7.47. The van der Waals surface area contributed by atoms with Gasteiger partial charge in [0, 0.05) is 19.0 Å². The first kappa shape index (κ1) is 27.4. The summed E-state index contributed by atoms with van der Waals surface area (Å²) in [5.41, 5.74) is 5.19. The van der Waals surface area contributed by atoms with Crippen molar-refractivity contribution in [3.05, 3.63) is 101 Å². The molecule has 5 heteroatoms. The summed E-state index contributed by atoms with van der Waals surface area (Å²) >= 11 is 0. The lowest BCUT2D eigenvalue weighted by Gasteiger charge is -2.33. The number of benzene rings is 3. The summed E-state index contributed by atoms with van der Waals surface area (Å²) in [5.74, 6) is 0.406. The molecule has 4 rings (SSSR count). The SMILES string of the molecule is Cc1ccc(C)c(OCC(=O)N(Cc2ccccc2C)[C@@H](Cc2ccccc2)C(=O)NC2CCCCC2)c1.